The number of nitrogens with one attached hydrogen (secondary N) is 1. The van der Waals surface area contributed by atoms with Crippen LogP contribution in [-0.4, -0.2) is 17.8 Å². The molecule has 1 saturated heterocycles. The molecule has 0 aliphatic carbocycles. The van der Waals surface area contributed by atoms with E-state index in [4.69, 9.17) is 11.6 Å². The normalized spacial score (nSPS) is 16.6. The van der Waals surface area contributed by atoms with Gasteiger partial charge in [-0.2, -0.15) is 0 Å². The summed E-state index contributed by atoms with van der Waals surface area (Å²) in [5.74, 6) is -1.41. The third-order valence-corrected chi connectivity index (χ3v) is 3.79. The second-order valence-electron chi connectivity index (χ2n) is 5.23. The number of nitrogens with zero attached hydrogens (tertiary/aromatic N) is 1. The van der Waals surface area contributed by atoms with E-state index in [1.807, 2.05) is 30.3 Å². The van der Waals surface area contributed by atoms with Crippen LogP contribution >= 0.6 is 11.6 Å². The summed E-state index contributed by atoms with van der Waals surface area (Å²) in [7, 11) is 0. The largest absolute Gasteiger partial charge is 0.335 e. The minimum absolute atomic E-state index is 0.123. The van der Waals surface area contributed by atoms with Gasteiger partial charge in [0.2, 0.25) is 0 Å². The minimum Gasteiger partial charge on any atom is -0.273 e. The lowest BCUT2D eigenvalue weighted by molar-refractivity contribution is -0.122. The third kappa shape index (κ3) is 3.67. The number of imide groups is 2. The second-order valence-corrected chi connectivity index (χ2v) is 5.66. The molecule has 0 saturated carbocycles. The molecule has 6 heteroatoms. The van der Waals surface area contributed by atoms with Gasteiger partial charge in [0.15, 0.2) is 0 Å². The van der Waals surface area contributed by atoms with E-state index in [0.29, 0.717) is 10.7 Å². The molecule has 1 aliphatic rings. The zero-order valence-corrected chi connectivity index (χ0v) is 13.7. The fourth-order valence-corrected chi connectivity index (χ4v) is 2.45. The lowest BCUT2D eigenvalue weighted by Gasteiger charge is -2.26. The van der Waals surface area contributed by atoms with E-state index < -0.39 is 17.8 Å². The smallest absolute Gasteiger partial charge is 0.273 e. The summed E-state index contributed by atoms with van der Waals surface area (Å²) < 4.78 is 0. The topological polar surface area (TPSA) is 66.5 Å². The molecule has 1 fully saturated rings. The molecule has 25 heavy (non-hydrogen) atoms. The van der Waals surface area contributed by atoms with Crippen LogP contribution in [0, 0.1) is 0 Å². The Bertz CT molecular complexity index is 887. The van der Waals surface area contributed by atoms with E-state index in [0.717, 1.165) is 10.5 Å². The van der Waals surface area contributed by atoms with Gasteiger partial charge in [0.05, 0.1) is 5.69 Å². The van der Waals surface area contributed by atoms with E-state index in [9.17, 15) is 14.4 Å². The molecule has 1 heterocycles. The standard InChI is InChI=1S/C19H13ClN2O3/c20-14-9-11-15(12-10-14)22-18(24)16(17(23)21-19(22)25)8-4-7-13-5-2-1-3-6-13/h1-12H,(H,21,23,25)/b7-4+,16-8+. The summed E-state index contributed by atoms with van der Waals surface area (Å²) in [5, 5.41) is 2.64. The number of allylic oxidation sites excluding steroid dienone is 2. The van der Waals surface area contributed by atoms with Crippen LogP contribution < -0.4 is 10.2 Å². The maximum Gasteiger partial charge on any atom is 0.335 e. The molecule has 5 nitrogen and oxygen atoms in total. The molecule has 3 rings (SSSR count). The van der Waals surface area contributed by atoms with Gasteiger partial charge in [-0.15, -0.1) is 0 Å². The number of hydrogen-bond acceptors (Lipinski definition) is 3. The minimum atomic E-state index is -0.790. The molecule has 1 aliphatic heterocycles. The molecular formula is C19H13ClN2O3. The molecule has 0 atom stereocenters. The van der Waals surface area contributed by atoms with Crippen molar-refractivity contribution >= 4 is 41.2 Å². The first-order valence-electron chi connectivity index (χ1n) is 7.45. The summed E-state index contributed by atoms with van der Waals surface area (Å²) in [4.78, 5) is 37.5. The number of urea groups is 1. The van der Waals surface area contributed by atoms with E-state index in [-0.39, 0.29) is 5.57 Å². The molecule has 124 valence electrons. The van der Waals surface area contributed by atoms with Crippen molar-refractivity contribution in [2.75, 3.05) is 4.90 Å². The predicted molar refractivity (Wildman–Crippen MR) is 96.0 cm³/mol. The maximum atomic E-state index is 12.6. The predicted octanol–water partition coefficient (Wildman–Crippen LogP) is 3.56. The van der Waals surface area contributed by atoms with Crippen molar-refractivity contribution in [3.8, 4) is 0 Å². The summed E-state index contributed by atoms with van der Waals surface area (Å²) in [6.45, 7) is 0. The molecule has 2 aromatic rings. The van der Waals surface area contributed by atoms with Crippen molar-refractivity contribution in [1.29, 1.82) is 0 Å². The summed E-state index contributed by atoms with van der Waals surface area (Å²) in [6, 6.07) is 14.8. The van der Waals surface area contributed by atoms with Crippen LogP contribution in [-0.2, 0) is 9.59 Å². The fourth-order valence-electron chi connectivity index (χ4n) is 2.32. The molecule has 4 amide bonds. The van der Waals surface area contributed by atoms with Gasteiger partial charge in [0.1, 0.15) is 5.57 Å². The fraction of sp³-hybridized carbons (Fsp3) is 0. The molecule has 0 radical (unpaired) electrons. The molecule has 0 spiro atoms. The van der Waals surface area contributed by atoms with Crippen LogP contribution in [0.4, 0.5) is 10.5 Å². The highest BCUT2D eigenvalue weighted by atomic mass is 35.5. The molecule has 0 bridgehead atoms. The van der Waals surface area contributed by atoms with Crippen molar-refractivity contribution in [3.05, 3.63) is 82.9 Å². The highest BCUT2D eigenvalue weighted by molar-refractivity contribution is 6.37. The number of amides is 4. The number of carbonyl (C=O) groups excluding carboxylic acids is 3. The Morgan fingerprint density at radius 3 is 2.28 bits per heavy atom. The highest BCUT2D eigenvalue weighted by Crippen LogP contribution is 2.22. The lowest BCUT2D eigenvalue weighted by Crippen LogP contribution is -2.54. The van der Waals surface area contributed by atoms with Crippen molar-refractivity contribution in [2.45, 2.75) is 0 Å². The quantitative estimate of drug-likeness (QED) is 0.678. The third-order valence-electron chi connectivity index (χ3n) is 3.54. The number of benzene rings is 2. The SMILES string of the molecule is O=C1NC(=O)N(c2ccc(Cl)cc2)C(=O)/C1=C/C=C/c1ccccc1. The summed E-state index contributed by atoms with van der Waals surface area (Å²) >= 11 is 5.82. The summed E-state index contributed by atoms with van der Waals surface area (Å²) in [5.41, 5.74) is 1.13. The van der Waals surface area contributed by atoms with Gasteiger partial charge >= 0.3 is 6.03 Å². The van der Waals surface area contributed by atoms with E-state index >= 15 is 0 Å². The van der Waals surface area contributed by atoms with Gasteiger partial charge in [-0.3, -0.25) is 14.9 Å². The Kier molecular flexibility index (Phi) is 4.77. The van der Waals surface area contributed by atoms with Gasteiger partial charge in [-0.25, -0.2) is 9.69 Å². The first kappa shape index (κ1) is 16.7. The summed E-state index contributed by atoms with van der Waals surface area (Å²) in [6.07, 6.45) is 4.74. The van der Waals surface area contributed by atoms with Crippen LogP contribution in [0.2, 0.25) is 5.02 Å². The molecule has 0 aromatic heterocycles. The van der Waals surface area contributed by atoms with Gasteiger partial charge < -0.3 is 0 Å². The number of halogens is 1. The van der Waals surface area contributed by atoms with Crippen LogP contribution in [0.3, 0.4) is 0 Å². The van der Waals surface area contributed by atoms with Crippen molar-refractivity contribution < 1.29 is 14.4 Å². The Hall–Kier alpha value is -3.18. The van der Waals surface area contributed by atoms with Crippen molar-refractivity contribution in [2.24, 2.45) is 0 Å². The Labute approximate surface area is 149 Å². The monoisotopic (exact) mass is 352 g/mol. The Morgan fingerprint density at radius 1 is 0.920 bits per heavy atom. The van der Waals surface area contributed by atoms with Gasteiger partial charge in [-0.05, 0) is 35.9 Å². The van der Waals surface area contributed by atoms with Crippen molar-refractivity contribution in [3.63, 3.8) is 0 Å². The van der Waals surface area contributed by atoms with Gasteiger partial charge in [0.25, 0.3) is 11.8 Å². The average Bonchev–Trinajstić information content (AvgIpc) is 2.60. The van der Waals surface area contributed by atoms with E-state index in [2.05, 4.69) is 5.32 Å². The first-order chi connectivity index (χ1) is 12.1. The molecule has 0 unspecified atom stereocenters. The Balaban J connectivity index is 1.88. The zero-order valence-electron chi connectivity index (χ0n) is 13.0. The number of hydrogen-bond donors (Lipinski definition) is 1. The van der Waals surface area contributed by atoms with Crippen LogP contribution in [0.5, 0.6) is 0 Å². The Morgan fingerprint density at radius 2 is 1.60 bits per heavy atom. The lowest BCUT2D eigenvalue weighted by atomic mass is 10.1. The van der Waals surface area contributed by atoms with Crippen LogP contribution in [0.15, 0.2) is 72.3 Å². The second kappa shape index (κ2) is 7.15. The van der Waals surface area contributed by atoms with E-state index in [1.54, 1.807) is 24.3 Å². The van der Waals surface area contributed by atoms with Gasteiger partial charge in [0, 0.05) is 5.02 Å². The number of anilines is 1. The molecular weight excluding hydrogens is 340 g/mol. The highest BCUT2D eigenvalue weighted by Gasteiger charge is 2.36. The maximum absolute atomic E-state index is 12.6. The number of rotatable bonds is 3. The molecule has 1 N–H and O–H groups in total. The van der Waals surface area contributed by atoms with Crippen LogP contribution in [0.25, 0.3) is 6.08 Å². The average molecular weight is 353 g/mol. The number of carbonyl (C=O) groups is 3. The van der Waals surface area contributed by atoms with E-state index in [1.165, 1.54) is 18.2 Å². The molecule has 2 aromatic carbocycles. The van der Waals surface area contributed by atoms with Gasteiger partial charge in [-0.1, -0.05) is 54.1 Å². The zero-order chi connectivity index (χ0) is 17.8. The van der Waals surface area contributed by atoms with Crippen LogP contribution in [0.1, 0.15) is 5.56 Å². The van der Waals surface area contributed by atoms with Crippen molar-refractivity contribution in [1.82, 2.24) is 5.32 Å². The number of barbiturate groups is 1. The first-order valence-corrected chi connectivity index (χ1v) is 7.83.